The van der Waals surface area contributed by atoms with Crippen molar-refractivity contribution in [3.05, 3.63) is 109 Å². The highest BCUT2D eigenvalue weighted by molar-refractivity contribution is 6.36. The highest BCUT2D eigenvalue weighted by Gasteiger charge is 2.21. The van der Waals surface area contributed by atoms with Gasteiger partial charge in [0.05, 0.1) is 5.52 Å². The van der Waals surface area contributed by atoms with Crippen LogP contribution in [0.25, 0.3) is 76.4 Å². The molecule has 2 heterocycles. The molecule has 0 spiro atoms. The van der Waals surface area contributed by atoms with Crippen molar-refractivity contribution in [3.8, 4) is 11.1 Å². The average molecular weight is 434 g/mol. The zero-order valence-electron chi connectivity index (χ0n) is 18.3. The molecule has 0 radical (unpaired) electrons. The standard InChI is InChI=1S/C32H19NO/c1-2-8-19(9-3-1)24-18-27-30(29-23-13-7-5-11-21(23)15-17-26(29)34-27)31-28-22-12-6-4-10-20(22)14-16-25(28)33-32(24)31/h1-18,33H. The molecule has 0 bridgehead atoms. The van der Waals surface area contributed by atoms with Crippen LogP contribution in [0.2, 0.25) is 0 Å². The number of nitrogens with one attached hydrogen (secondary N) is 1. The van der Waals surface area contributed by atoms with Crippen LogP contribution in [0.5, 0.6) is 0 Å². The summed E-state index contributed by atoms with van der Waals surface area (Å²) in [5.74, 6) is 0. The van der Waals surface area contributed by atoms with Gasteiger partial charge in [0.25, 0.3) is 0 Å². The molecule has 6 aromatic carbocycles. The SMILES string of the molecule is c1ccc(-c2cc3oc4ccc5ccccc5c4c3c3c2[nH]c2ccc4ccccc4c23)cc1. The van der Waals surface area contributed by atoms with Gasteiger partial charge in [0.1, 0.15) is 11.2 Å². The average Bonchev–Trinajstić information content (AvgIpc) is 3.47. The van der Waals surface area contributed by atoms with Gasteiger partial charge in [-0.2, -0.15) is 0 Å². The fraction of sp³-hybridized carbons (Fsp3) is 0. The third kappa shape index (κ3) is 2.29. The number of aromatic amines is 1. The van der Waals surface area contributed by atoms with Crippen LogP contribution in [0, 0.1) is 0 Å². The Hall–Kier alpha value is -4.56. The van der Waals surface area contributed by atoms with Gasteiger partial charge in [-0.3, -0.25) is 0 Å². The Kier molecular flexibility index (Phi) is 3.42. The van der Waals surface area contributed by atoms with Crippen LogP contribution in [0.1, 0.15) is 0 Å². The molecule has 0 saturated carbocycles. The quantitative estimate of drug-likeness (QED) is 0.275. The van der Waals surface area contributed by atoms with Gasteiger partial charge in [0.2, 0.25) is 0 Å². The molecule has 2 aromatic heterocycles. The molecule has 0 amide bonds. The van der Waals surface area contributed by atoms with Gasteiger partial charge in [-0.05, 0) is 45.3 Å². The number of benzene rings is 6. The van der Waals surface area contributed by atoms with Crippen molar-refractivity contribution >= 4 is 65.3 Å². The first-order valence-electron chi connectivity index (χ1n) is 11.6. The minimum absolute atomic E-state index is 0.923. The Bertz CT molecular complexity index is 2060. The number of rotatable bonds is 1. The summed E-state index contributed by atoms with van der Waals surface area (Å²) in [5, 5.41) is 9.81. The minimum Gasteiger partial charge on any atom is -0.456 e. The maximum atomic E-state index is 6.55. The fourth-order valence-electron chi connectivity index (χ4n) is 5.70. The Balaban J connectivity index is 1.72. The lowest BCUT2D eigenvalue weighted by Crippen LogP contribution is -1.82. The fourth-order valence-corrected chi connectivity index (χ4v) is 5.70. The summed E-state index contributed by atoms with van der Waals surface area (Å²) in [7, 11) is 0. The van der Waals surface area contributed by atoms with Crippen LogP contribution < -0.4 is 0 Å². The van der Waals surface area contributed by atoms with E-state index in [1.54, 1.807) is 0 Å². The minimum atomic E-state index is 0.923. The van der Waals surface area contributed by atoms with Crippen LogP contribution in [0.15, 0.2) is 114 Å². The molecule has 8 rings (SSSR count). The number of hydrogen-bond donors (Lipinski definition) is 1. The summed E-state index contributed by atoms with van der Waals surface area (Å²) in [6, 6.07) is 38.7. The normalized spacial score (nSPS) is 12.1. The van der Waals surface area contributed by atoms with E-state index in [9.17, 15) is 0 Å². The number of fused-ring (bicyclic) bond motifs is 11. The van der Waals surface area contributed by atoms with E-state index in [0.29, 0.717) is 0 Å². The predicted molar refractivity (Wildman–Crippen MR) is 144 cm³/mol. The molecule has 2 heteroatoms. The van der Waals surface area contributed by atoms with Gasteiger partial charge in [-0.25, -0.2) is 0 Å². The summed E-state index contributed by atoms with van der Waals surface area (Å²) in [4.78, 5) is 3.79. The van der Waals surface area contributed by atoms with Crippen LogP contribution in [0.4, 0.5) is 0 Å². The van der Waals surface area contributed by atoms with E-state index in [1.807, 2.05) is 0 Å². The first-order valence-corrected chi connectivity index (χ1v) is 11.6. The molecule has 0 unspecified atom stereocenters. The lowest BCUT2D eigenvalue weighted by atomic mass is 9.95. The van der Waals surface area contributed by atoms with Gasteiger partial charge in [-0.15, -0.1) is 0 Å². The lowest BCUT2D eigenvalue weighted by Gasteiger charge is -2.06. The number of aromatic nitrogens is 1. The van der Waals surface area contributed by atoms with Crippen molar-refractivity contribution in [2.45, 2.75) is 0 Å². The zero-order chi connectivity index (χ0) is 22.2. The second kappa shape index (κ2) is 6.49. The van der Waals surface area contributed by atoms with Crippen molar-refractivity contribution in [1.82, 2.24) is 4.98 Å². The van der Waals surface area contributed by atoms with Gasteiger partial charge in [0, 0.05) is 32.6 Å². The van der Waals surface area contributed by atoms with Crippen molar-refractivity contribution in [1.29, 1.82) is 0 Å². The summed E-state index contributed by atoms with van der Waals surface area (Å²) < 4.78 is 6.55. The van der Waals surface area contributed by atoms with Crippen LogP contribution in [-0.2, 0) is 0 Å². The molecule has 0 aliphatic carbocycles. The van der Waals surface area contributed by atoms with Crippen molar-refractivity contribution < 1.29 is 4.42 Å². The Morgan fingerprint density at radius 3 is 1.97 bits per heavy atom. The maximum Gasteiger partial charge on any atom is 0.136 e. The number of H-pyrrole nitrogens is 1. The number of furan rings is 1. The first kappa shape index (κ1) is 17.9. The molecular formula is C32H19NO. The lowest BCUT2D eigenvalue weighted by molar-refractivity contribution is 0.669. The Morgan fingerprint density at radius 2 is 1.18 bits per heavy atom. The second-order valence-corrected chi connectivity index (χ2v) is 9.01. The van der Waals surface area contributed by atoms with Crippen LogP contribution >= 0.6 is 0 Å². The molecule has 0 aliphatic heterocycles. The Labute approximate surface area is 195 Å². The van der Waals surface area contributed by atoms with Gasteiger partial charge >= 0.3 is 0 Å². The zero-order valence-corrected chi connectivity index (χ0v) is 18.3. The number of hydrogen-bond acceptors (Lipinski definition) is 1. The van der Waals surface area contributed by atoms with Crippen molar-refractivity contribution in [3.63, 3.8) is 0 Å². The summed E-state index contributed by atoms with van der Waals surface area (Å²) in [6.07, 6.45) is 0. The smallest absolute Gasteiger partial charge is 0.136 e. The molecule has 0 fully saturated rings. The molecular weight excluding hydrogens is 414 g/mol. The van der Waals surface area contributed by atoms with Gasteiger partial charge in [-0.1, -0.05) is 91.0 Å². The predicted octanol–water partition coefficient (Wildman–Crippen LogP) is 9.19. The second-order valence-electron chi connectivity index (χ2n) is 9.01. The van der Waals surface area contributed by atoms with E-state index in [1.165, 1.54) is 48.7 Å². The summed E-state index contributed by atoms with van der Waals surface area (Å²) in [5.41, 5.74) is 6.48. The van der Waals surface area contributed by atoms with E-state index >= 15 is 0 Å². The van der Waals surface area contributed by atoms with Gasteiger partial charge < -0.3 is 9.40 Å². The summed E-state index contributed by atoms with van der Waals surface area (Å²) in [6.45, 7) is 0. The molecule has 1 N–H and O–H groups in total. The maximum absolute atomic E-state index is 6.55. The van der Waals surface area contributed by atoms with E-state index in [4.69, 9.17) is 4.42 Å². The third-order valence-corrected chi connectivity index (χ3v) is 7.18. The molecule has 34 heavy (non-hydrogen) atoms. The topological polar surface area (TPSA) is 28.9 Å². The molecule has 2 nitrogen and oxygen atoms in total. The van der Waals surface area contributed by atoms with E-state index in [0.717, 1.165) is 27.8 Å². The summed E-state index contributed by atoms with van der Waals surface area (Å²) >= 11 is 0. The largest absolute Gasteiger partial charge is 0.456 e. The Morgan fingerprint density at radius 1 is 0.500 bits per heavy atom. The van der Waals surface area contributed by atoms with Crippen molar-refractivity contribution in [2.24, 2.45) is 0 Å². The molecule has 158 valence electrons. The van der Waals surface area contributed by atoms with Gasteiger partial charge in [0.15, 0.2) is 0 Å². The highest BCUT2D eigenvalue weighted by Crippen LogP contribution is 2.46. The van der Waals surface area contributed by atoms with E-state index in [-0.39, 0.29) is 0 Å². The van der Waals surface area contributed by atoms with E-state index < -0.39 is 0 Å². The molecule has 0 atom stereocenters. The molecule has 8 aromatic rings. The first-order chi connectivity index (χ1) is 16.9. The van der Waals surface area contributed by atoms with Crippen LogP contribution in [0.3, 0.4) is 0 Å². The monoisotopic (exact) mass is 433 g/mol. The third-order valence-electron chi connectivity index (χ3n) is 7.18. The molecule has 0 saturated heterocycles. The van der Waals surface area contributed by atoms with Crippen LogP contribution in [-0.4, -0.2) is 4.98 Å². The molecule has 0 aliphatic rings. The van der Waals surface area contributed by atoms with Crippen molar-refractivity contribution in [2.75, 3.05) is 0 Å². The van der Waals surface area contributed by atoms with E-state index in [2.05, 4.69) is 114 Å². The highest BCUT2D eigenvalue weighted by atomic mass is 16.3.